The van der Waals surface area contributed by atoms with Crippen molar-refractivity contribution in [2.75, 3.05) is 31.7 Å². The van der Waals surface area contributed by atoms with Crippen molar-refractivity contribution in [2.45, 2.75) is 58.3 Å². The van der Waals surface area contributed by atoms with Crippen LogP contribution in [0.25, 0.3) is 10.8 Å². The summed E-state index contributed by atoms with van der Waals surface area (Å²) in [6.07, 6.45) is 1.55. The lowest BCUT2D eigenvalue weighted by molar-refractivity contribution is -0.141. The van der Waals surface area contributed by atoms with Crippen molar-refractivity contribution in [3.05, 3.63) is 42.5 Å². The van der Waals surface area contributed by atoms with Crippen molar-refractivity contribution in [1.82, 2.24) is 19.8 Å². The Labute approximate surface area is 230 Å². The van der Waals surface area contributed by atoms with Crippen LogP contribution in [0.3, 0.4) is 0 Å². The van der Waals surface area contributed by atoms with Gasteiger partial charge in [-0.2, -0.15) is 4.31 Å². The van der Waals surface area contributed by atoms with Crippen LogP contribution in [0, 0.1) is 11.3 Å². The van der Waals surface area contributed by atoms with Crippen molar-refractivity contribution in [2.24, 2.45) is 11.3 Å². The summed E-state index contributed by atoms with van der Waals surface area (Å²) in [6.45, 7) is 7.60. The number of likely N-dealkylation sites (tertiary alicyclic amines) is 1. The third-order valence-corrected chi connectivity index (χ3v) is 9.17. The first-order chi connectivity index (χ1) is 18.2. The summed E-state index contributed by atoms with van der Waals surface area (Å²) in [4.78, 5) is 42.2. The molecule has 2 fully saturated rings. The Bertz CT molecular complexity index is 1370. The Morgan fingerprint density at radius 2 is 1.72 bits per heavy atom. The predicted octanol–water partition coefficient (Wildman–Crippen LogP) is 1.78. The van der Waals surface area contributed by atoms with E-state index in [1.165, 1.54) is 4.31 Å². The Morgan fingerprint density at radius 3 is 2.36 bits per heavy atom. The second-order valence-corrected chi connectivity index (χ2v) is 13.6. The molecule has 2 saturated heterocycles. The zero-order valence-corrected chi connectivity index (χ0v) is 24.2. The minimum Gasteiger partial charge on any atom is -0.342 e. The standard InChI is InChI=1S/C28H39N5O5S/c1-17(29-5)25(34)31-24(28(2,3)4)27(36)32-15-14-22-23(32)20(16-33(22)39(6,37)38)26(35)30-21-13-9-11-18-10-7-8-12-19(18)21/h7-13,17,20,22-24,29H,14-16H2,1-6H3,(H,30,35)(H,31,34)/t17-,20-,22?,23+,24+/m0/s1. The van der Waals surface area contributed by atoms with E-state index in [-0.39, 0.29) is 24.3 Å². The largest absolute Gasteiger partial charge is 0.342 e. The fourth-order valence-corrected chi connectivity index (χ4v) is 6.84. The van der Waals surface area contributed by atoms with Crippen LogP contribution in [0.15, 0.2) is 42.5 Å². The monoisotopic (exact) mass is 557 g/mol. The number of hydrogen-bond acceptors (Lipinski definition) is 6. The van der Waals surface area contributed by atoms with Gasteiger partial charge in [-0.05, 0) is 37.3 Å². The second kappa shape index (κ2) is 10.9. The fraction of sp³-hybridized carbons (Fsp3) is 0.536. The highest BCUT2D eigenvalue weighted by Gasteiger charge is 2.56. The molecule has 2 heterocycles. The van der Waals surface area contributed by atoms with E-state index in [2.05, 4.69) is 16.0 Å². The zero-order chi connectivity index (χ0) is 28.7. The molecule has 212 valence electrons. The first-order valence-corrected chi connectivity index (χ1v) is 15.1. The van der Waals surface area contributed by atoms with E-state index in [1.54, 1.807) is 18.9 Å². The number of carbonyl (C=O) groups excluding carboxylic acids is 3. The lowest BCUT2D eigenvalue weighted by atomic mass is 9.85. The molecule has 0 radical (unpaired) electrons. The number of hydrogen-bond donors (Lipinski definition) is 3. The van der Waals surface area contributed by atoms with Gasteiger partial charge in [-0.15, -0.1) is 0 Å². The number of nitrogens with zero attached hydrogens (tertiary/aromatic N) is 2. The quantitative estimate of drug-likeness (QED) is 0.476. The molecular weight excluding hydrogens is 518 g/mol. The molecule has 39 heavy (non-hydrogen) atoms. The summed E-state index contributed by atoms with van der Waals surface area (Å²) in [6, 6.07) is 10.8. The molecule has 0 spiro atoms. The molecule has 0 bridgehead atoms. The van der Waals surface area contributed by atoms with Crippen LogP contribution < -0.4 is 16.0 Å². The van der Waals surface area contributed by atoms with Gasteiger partial charge >= 0.3 is 0 Å². The number of nitrogens with one attached hydrogen (secondary N) is 3. The maximum absolute atomic E-state index is 14.0. The van der Waals surface area contributed by atoms with E-state index in [1.807, 2.05) is 63.2 Å². The van der Waals surface area contributed by atoms with Gasteiger partial charge in [0.2, 0.25) is 27.7 Å². The first-order valence-electron chi connectivity index (χ1n) is 13.3. The van der Waals surface area contributed by atoms with Crippen molar-refractivity contribution < 1.29 is 22.8 Å². The predicted molar refractivity (Wildman–Crippen MR) is 151 cm³/mol. The molecule has 2 aromatic rings. The molecule has 11 heteroatoms. The third kappa shape index (κ3) is 5.80. The lowest BCUT2D eigenvalue weighted by Gasteiger charge is -2.37. The summed E-state index contributed by atoms with van der Waals surface area (Å²) in [5, 5.41) is 10.6. The third-order valence-electron chi connectivity index (χ3n) is 7.90. The molecule has 2 aromatic carbocycles. The molecule has 0 saturated carbocycles. The van der Waals surface area contributed by atoms with Gasteiger partial charge in [0, 0.05) is 30.2 Å². The van der Waals surface area contributed by atoms with E-state index >= 15 is 0 Å². The van der Waals surface area contributed by atoms with E-state index in [0.29, 0.717) is 18.7 Å². The number of amides is 3. The molecule has 1 unspecified atom stereocenters. The number of benzene rings is 2. The van der Waals surface area contributed by atoms with Crippen molar-refractivity contribution in [1.29, 1.82) is 0 Å². The summed E-state index contributed by atoms with van der Waals surface area (Å²) in [5.41, 5.74) is 0.0120. The number of likely N-dealkylation sites (N-methyl/N-ethyl adjacent to an activating group) is 1. The summed E-state index contributed by atoms with van der Waals surface area (Å²) >= 11 is 0. The lowest BCUT2D eigenvalue weighted by Crippen LogP contribution is -2.59. The maximum Gasteiger partial charge on any atom is 0.246 e. The minimum atomic E-state index is -3.62. The second-order valence-electron chi connectivity index (χ2n) is 11.7. The summed E-state index contributed by atoms with van der Waals surface area (Å²) in [7, 11) is -1.96. The molecule has 4 rings (SSSR count). The van der Waals surface area contributed by atoms with Gasteiger partial charge in [-0.3, -0.25) is 14.4 Å². The fourth-order valence-electron chi connectivity index (χ4n) is 5.69. The molecule has 2 aliphatic heterocycles. The van der Waals surface area contributed by atoms with Crippen LogP contribution in [-0.2, 0) is 24.4 Å². The molecule has 0 aromatic heterocycles. The SMILES string of the molecule is CN[C@@H](C)C(=O)N[C@H](C(=O)N1CCC2[C@H]1[C@@H](C(=O)Nc1cccc3ccccc13)CN2S(C)(=O)=O)C(C)(C)C. The van der Waals surface area contributed by atoms with Crippen LogP contribution >= 0.6 is 0 Å². The molecule has 3 amide bonds. The maximum atomic E-state index is 14.0. The molecule has 5 atom stereocenters. The molecule has 0 aliphatic carbocycles. The average molecular weight is 558 g/mol. The Balaban J connectivity index is 1.66. The van der Waals surface area contributed by atoms with E-state index in [4.69, 9.17) is 0 Å². The highest BCUT2D eigenvalue weighted by molar-refractivity contribution is 7.88. The number of fused-ring (bicyclic) bond motifs is 2. The van der Waals surface area contributed by atoms with Gasteiger partial charge in [0.25, 0.3) is 0 Å². The summed E-state index contributed by atoms with van der Waals surface area (Å²) in [5.74, 6) is -1.74. The molecule has 2 aliphatic rings. The number of anilines is 1. The van der Waals surface area contributed by atoms with Gasteiger partial charge in [-0.25, -0.2) is 8.42 Å². The van der Waals surface area contributed by atoms with Crippen molar-refractivity contribution in [3.8, 4) is 0 Å². The highest BCUT2D eigenvalue weighted by atomic mass is 32.2. The van der Waals surface area contributed by atoms with E-state index < -0.39 is 45.5 Å². The molecule has 10 nitrogen and oxygen atoms in total. The number of carbonyl (C=O) groups is 3. The average Bonchev–Trinajstić information content (AvgIpc) is 3.46. The van der Waals surface area contributed by atoms with Gasteiger partial charge in [-0.1, -0.05) is 57.2 Å². The molecule has 3 N–H and O–H groups in total. The normalized spacial score (nSPS) is 23.3. The van der Waals surface area contributed by atoms with E-state index in [9.17, 15) is 22.8 Å². The smallest absolute Gasteiger partial charge is 0.246 e. The van der Waals surface area contributed by atoms with Gasteiger partial charge < -0.3 is 20.9 Å². The Hall–Kier alpha value is -3.02. The Morgan fingerprint density at radius 1 is 1.05 bits per heavy atom. The highest BCUT2D eigenvalue weighted by Crippen LogP contribution is 2.39. The molecular formula is C28H39N5O5S. The van der Waals surface area contributed by atoms with Crippen LogP contribution in [0.1, 0.15) is 34.1 Å². The van der Waals surface area contributed by atoms with Crippen LogP contribution in [-0.4, -0.2) is 85.9 Å². The van der Waals surface area contributed by atoms with E-state index in [0.717, 1.165) is 17.0 Å². The van der Waals surface area contributed by atoms with Crippen LogP contribution in [0.5, 0.6) is 0 Å². The van der Waals surface area contributed by atoms with Crippen molar-refractivity contribution >= 4 is 44.2 Å². The van der Waals surface area contributed by atoms with Gasteiger partial charge in [0.15, 0.2) is 0 Å². The van der Waals surface area contributed by atoms with Crippen LogP contribution in [0.2, 0.25) is 0 Å². The van der Waals surface area contributed by atoms with Gasteiger partial charge in [0.05, 0.1) is 24.3 Å². The number of sulfonamides is 1. The summed E-state index contributed by atoms with van der Waals surface area (Å²) < 4.78 is 26.8. The number of rotatable bonds is 7. The minimum absolute atomic E-state index is 0.0160. The topological polar surface area (TPSA) is 128 Å². The Kier molecular flexibility index (Phi) is 8.07. The van der Waals surface area contributed by atoms with Crippen molar-refractivity contribution in [3.63, 3.8) is 0 Å². The van der Waals surface area contributed by atoms with Gasteiger partial charge in [0.1, 0.15) is 6.04 Å². The zero-order valence-electron chi connectivity index (χ0n) is 23.4. The first kappa shape index (κ1) is 29.0. The van der Waals surface area contributed by atoms with Crippen LogP contribution in [0.4, 0.5) is 5.69 Å².